The molecule has 0 bridgehead atoms. The van der Waals surface area contributed by atoms with E-state index in [-0.39, 0.29) is 0 Å². The average Bonchev–Trinajstić information content (AvgIpc) is 2.33. The van der Waals surface area contributed by atoms with Gasteiger partial charge >= 0.3 is 0 Å². The molecule has 0 aromatic heterocycles. The predicted octanol–water partition coefficient (Wildman–Crippen LogP) is 0.0943. The first-order valence-corrected chi connectivity index (χ1v) is 3.92. The summed E-state index contributed by atoms with van der Waals surface area (Å²) in [5.41, 5.74) is 7.26. The number of rotatable bonds is 0. The Balaban J connectivity index is 2.52. The van der Waals surface area contributed by atoms with Crippen LogP contribution in [0.5, 0.6) is 0 Å². The SMILES string of the molecule is N[C@@H]1c2ccccc2C(O)[C@H]1O. The van der Waals surface area contributed by atoms with Crippen molar-refractivity contribution in [2.24, 2.45) is 5.73 Å². The normalized spacial score (nSPS) is 33.4. The minimum Gasteiger partial charge on any atom is -0.388 e. The Bertz CT molecular complexity index is 271. The topological polar surface area (TPSA) is 66.5 Å². The molecule has 1 aliphatic rings. The summed E-state index contributed by atoms with van der Waals surface area (Å²) in [4.78, 5) is 0. The van der Waals surface area contributed by atoms with Crippen LogP contribution in [0.3, 0.4) is 0 Å². The molecule has 12 heavy (non-hydrogen) atoms. The van der Waals surface area contributed by atoms with Gasteiger partial charge in [-0.25, -0.2) is 0 Å². The molecule has 1 aliphatic carbocycles. The first-order valence-electron chi connectivity index (χ1n) is 3.92. The van der Waals surface area contributed by atoms with Crippen LogP contribution in [0.2, 0.25) is 0 Å². The lowest BCUT2D eigenvalue weighted by Crippen LogP contribution is -2.24. The van der Waals surface area contributed by atoms with Gasteiger partial charge in [0.1, 0.15) is 12.2 Å². The van der Waals surface area contributed by atoms with Crippen molar-refractivity contribution in [3.8, 4) is 0 Å². The third kappa shape index (κ3) is 0.876. The molecule has 4 N–H and O–H groups in total. The van der Waals surface area contributed by atoms with E-state index in [2.05, 4.69) is 0 Å². The fourth-order valence-corrected chi connectivity index (χ4v) is 1.65. The van der Waals surface area contributed by atoms with Crippen molar-refractivity contribution in [1.29, 1.82) is 0 Å². The van der Waals surface area contributed by atoms with E-state index in [1.165, 1.54) is 0 Å². The smallest absolute Gasteiger partial charge is 0.107 e. The predicted molar refractivity (Wildman–Crippen MR) is 44.3 cm³/mol. The fraction of sp³-hybridized carbons (Fsp3) is 0.333. The molecule has 64 valence electrons. The van der Waals surface area contributed by atoms with Gasteiger partial charge in [-0.1, -0.05) is 24.3 Å². The highest BCUT2D eigenvalue weighted by Crippen LogP contribution is 2.36. The summed E-state index contributed by atoms with van der Waals surface area (Å²) >= 11 is 0. The Labute approximate surface area is 70.4 Å². The molecule has 0 heterocycles. The summed E-state index contributed by atoms with van der Waals surface area (Å²) in [6.45, 7) is 0. The maximum Gasteiger partial charge on any atom is 0.107 e. The molecule has 1 unspecified atom stereocenters. The molecule has 3 atom stereocenters. The van der Waals surface area contributed by atoms with Gasteiger partial charge in [0.2, 0.25) is 0 Å². The Morgan fingerprint density at radius 1 is 1.08 bits per heavy atom. The van der Waals surface area contributed by atoms with Gasteiger partial charge in [0.25, 0.3) is 0 Å². The van der Waals surface area contributed by atoms with Crippen LogP contribution in [0.25, 0.3) is 0 Å². The van der Waals surface area contributed by atoms with E-state index < -0.39 is 18.2 Å². The fourth-order valence-electron chi connectivity index (χ4n) is 1.65. The molecule has 0 saturated carbocycles. The monoisotopic (exact) mass is 165 g/mol. The first-order chi connectivity index (χ1) is 5.72. The highest BCUT2D eigenvalue weighted by Gasteiger charge is 2.35. The summed E-state index contributed by atoms with van der Waals surface area (Å²) in [5.74, 6) is 0. The van der Waals surface area contributed by atoms with Gasteiger partial charge in [-0.3, -0.25) is 0 Å². The van der Waals surface area contributed by atoms with Crippen molar-refractivity contribution < 1.29 is 10.2 Å². The highest BCUT2D eigenvalue weighted by molar-refractivity contribution is 5.38. The standard InChI is InChI=1S/C9H11NO2/c10-7-5-3-1-2-4-6(5)8(11)9(7)12/h1-4,7-9,11-12H,10H2/t7-,8?,9+/m1/s1. The van der Waals surface area contributed by atoms with Gasteiger partial charge in [-0.2, -0.15) is 0 Å². The lowest BCUT2D eigenvalue weighted by atomic mass is 10.1. The molecular formula is C9H11NO2. The van der Waals surface area contributed by atoms with Crippen LogP contribution in [-0.4, -0.2) is 16.3 Å². The van der Waals surface area contributed by atoms with E-state index in [1.54, 1.807) is 6.07 Å². The molecular weight excluding hydrogens is 154 g/mol. The molecule has 3 nitrogen and oxygen atoms in total. The van der Waals surface area contributed by atoms with Crippen molar-refractivity contribution in [1.82, 2.24) is 0 Å². The number of hydrogen-bond donors (Lipinski definition) is 3. The van der Waals surface area contributed by atoms with Crippen molar-refractivity contribution in [2.45, 2.75) is 18.2 Å². The van der Waals surface area contributed by atoms with Gasteiger partial charge in [-0.05, 0) is 11.1 Å². The van der Waals surface area contributed by atoms with Crippen LogP contribution < -0.4 is 5.73 Å². The molecule has 0 amide bonds. The number of nitrogens with two attached hydrogens (primary N) is 1. The largest absolute Gasteiger partial charge is 0.388 e. The average molecular weight is 165 g/mol. The van der Waals surface area contributed by atoms with E-state index in [1.807, 2.05) is 18.2 Å². The number of hydrogen-bond acceptors (Lipinski definition) is 3. The second-order valence-electron chi connectivity index (χ2n) is 3.09. The number of aliphatic hydroxyl groups excluding tert-OH is 2. The number of fused-ring (bicyclic) bond motifs is 1. The van der Waals surface area contributed by atoms with E-state index in [0.717, 1.165) is 11.1 Å². The van der Waals surface area contributed by atoms with Crippen LogP contribution in [0.4, 0.5) is 0 Å². The molecule has 2 rings (SSSR count). The Morgan fingerprint density at radius 2 is 1.67 bits per heavy atom. The lowest BCUT2D eigenvalue weighted by Gasteiger charge is -2.11. The van der Waals surface area contributed by atoms with Gasteiger partial charge < -0.3 is 15.9 Å². The molecule has 0 radical (unpaired) electrons. The van der Waals surface area contributed by atoms with Crippen molar-refractivity contribution in [2.75, 3.05) is 0 Å². The zero-order valence-electron chi connectivity index (χ0n) is 6.51. The van der Waals surface area contributed by atoms with Crippen LogP contribution in [0.1, 0.15) is 23.3 Å². The molecule has 0 aliphatic heterocycles. The van der Waals surface area contributed by atoms with Crippen LogP contribution >= 0.6 is 0 Å². The van der Waals surface area contributed by atoms with Gasteiger partial charge in [0.05, 0.1) is 6.04 Å². The van der Waals surface area contributed by atoms with E-state index in [0.29, 0.717) is 0 Å². The zero-order valence-corrected chi connectivity index (χ0v) is 6.51. The maximum atomic E-state index is 9.49. The van der Waals surface area contributed by atoms with Crippen LogP contribution in [0.15, 0.2) is 24.3 Å². The minimum absolute atomic E-state index is 0.448. The van der Waals surface area contributed by atoms with E-state index in [9.17, 15) is 10.2 Å². The molecule has 0 saturated heterocycles. The third-order valence-corrected chi connectivity index (χ3v) is 2.37. The number of aliphatic hydroxyl groups is 2. The van der Waals surface area contributed by atoms with Crippen LogP contribution in [-0.2, 0) is 0 Å². The van der Waals surface area contributed by atoms with Crippen molar-refractivity contribution in [3.63, 3.8) is 0 Å². The molecule has 1 aromatic rings. The number of benzene rings is 1. The third-order valence-electron chi connectivity index (χ3n) is 2.37. The zero-order chi connectivity index (χ0) is 8.72. The second kappa shape index (κ2) is 2.55. The summed E-state index contributed by atoms with van der Waals surface area (Å²) < 4.78 is 0. The summed E-state index contributed by atoms with van der Waals surface area (Å²) in [7, 11) is 0. The van der Waals surface area contributed by atoms with Gasteiger partial charge in [0, 0.05) is 0 Å². The molecule has 3 heteroatoms. The first kappa shape index (κ1) is 7.73. The van der Waals surface area contributed by atoms with E-state index in [4.69, 9.17) is 5.73 Å². The minimum atomic E-state index is -0.859. The quantitative estimate of drug-likeness (QED) is 0.510. The Morgan fingerprint density at radius 3 is 2.25 bits per heavy atom. The molecule has 1 aromatic carbocycles. The maximum absolute atomic E-state index is 9.49. The molecule has 0 fully saturated rings. The van der Waals surface area contributed by atoms with E-state index >= 15 is 0 Å². The Hall–Kier alpha value is -0.900. The molecule has 0 spiro atoms. The summed E-state index contributed by atoms with van der Waals surface area (Å²) in [6, 6.07) is 6.85. The highest BCUT2D eigenvalue weighted by atomic mass is 16.3. The lowest BCUT2D eigenvalue weighted by molar-refractivity contribution is 0.0181. The van der Waals surface area contributed by atoms with Crippen LogP contribution in [0, 0.1) is 0 Å². The summed E-state index contributed by atoms with van der Waals surface area (Å²) in [5, 5.41) is 18.9. The Kier molecular flexibility index (Phi) is 1.65. The second-order valence-corrected chi connectivity index (χ2v) is 3.09. The van der Waals surface area contributed by atoms with Crippen molar-refractivity contribution in [3.05, 3.63) is 35.4 Å². The van der Waals surface area contributed by atoms with Gasteiger partial charge in [-0.15, -0.1) is 0 Å². The van der Waals surface area contributed by atoms with Gasteiger partial charge in [0.15, 0.2) is 0 Å². The van der Waals surface area contributed by atoms with Crippen molar-refractivity contribution >= 4 is 0 Å². The summed E-state index contributed by atoms with van der Waals surface area (Å²) in [6.07, 6.45) is -1.68.